The van der Waals surface area contributed by atoms with E-state index in [2.05, 4.69) is 14.7 Å². The van der Waals surface area contributed by atoms with Gasteiger partial charge in [0.25, 0.3) is 5.91 Å². The lowest BCUT2D eigenvalue weighted by molar-refractivity contribution is -0.118. The van der Waals surface area contributed by atoms with Gasteiger partial charge < -0.3 is 4.74 Å². The van der Waals surface area contributed by atoms with Crippen LogP contribution in [-0.2, 0) is 4.79 Å². The van der Waals surface area contributed by atoms with E-state index in [-0.39, 0.29) is 12.5 Å². The number of thiophene rings is 1. The fourth-order valence-electron chi connectivity index (χ4n) is 1.64. The normalized spacial score (nSPS) is 10.4. The number of carbonyl (C=O) groups excluding carboxylic acids is 1. The minimum absolute atomic E-state index is 0.117. The fourth-order valence-corrected chi connectivity index (χ4v) is 3.14. The van der Waals surface area contributed by atoms with E-state index in [9.17, 15) is 4.79 Å². The van der Waals surface area contributed by atoms with Crippen LogP contribution in [0.25, 0.3) is 10.7 Å². The molecule has 0 bridgehead atoms. The lowest BCUT2D eigenvalue weighted by Gasteiger charge is -2.05. The van der Waals surface area contributed by atoms with Gasteiger partial charge in [0.05, 0.1) is 4.88 Å². The molecule has 0 fully saturated rings. The van der Waals surface area contributed by atoms with Crippen LogP contribution in [0.3, 0.4) is 0 Å². The smallest absolute Gasteiger partial charge is 0.264 e. The molecule has 3 rings (SSSR count). The molecular weight excluding hydrogens is 342 g/mol. The zero-order chi connectivity index (χ0) is 15.4. The first-order chi connectivity index (χ1) is 10.7. The van der Waals surface area contributed by atoms with E-state index in [1.807, 2.05) is 17.5 Å². The van der Waals surface area contributed by atoms with E-state index < -0.39 is 0 Å². The van der Waals surface area contributed by atoms with Crippen LogP contribution in [0.1, 0.15) is 0 Å². The second-order valence-electron chi connectivity index (χ2n) is 4.19. The predicted octanol–water partition coefficient (Wildman–Crippen LogP) is 3.94. The molecule has 0 aliphatic carbocycles. The van der Waals surface area contributed by atoms with Crippen molar-refractivity contribution in [1.82, 2.24) is 9.36 Å². The SMILES string of the molecule is O=C(COc1cccc(Cl)c1)Nc1nc(-c2cccs2)ns1. The number of rotatable bonds is 5. The number of benzene rings is 1. The van der Waals surface area contributed by atoms with Gasteiger partial charge in [-0.05, 0) is 29.6 Å². The first-order valence-electron chi connectivity index (χ1n) is 6.26. The van der Waals surface area contributed by atoms with Gasteiger partial charge in [0.15, 0.2) is 12.4 Å². The second kappa shape index (κ2) is 6.87. The van der Waals surface area contributed by atoms with Crippen molar-refractivity contribution < 1.29 is 9.53 Å². The number of aromatic nitrogens is 2. The van der Waals surface area contributed by atoms with Gasteiger partial charge in [-0.3, -0.25) is 10.1 Å². The first kappa shape index (κ1) is 15.0. The quantitative estimate of drug-likeness (QED) is 0.756. The van der Waals surface area contributed by atoms with E-state index in [0.29, 0.717) is 21.7 Å². The third kappa shape index (κ3) is 3.82. The Labute approximate surface area is 139 Å². The molecule has 1 N–H and O–H groups in total. The minimum atomic E-state index is -0.297. The van der Waals surface area contributed by atoms with E-state index in [4.69, 9.17) is 16.3 Å². The molecule has 0 saturated carbocycles. The molecular formula is C14H10ClN3O2S2. The zero-order valence-electron chi connectivity index (χ0n) is 11.2. The highest BCUT2D eigenvalue weighted by molar-refractivity contribution is 7.14. The molecule has 2 aromatic heterocycles. The van der Waals surface area contributed by atoms with Crippen LogP contribution in [0, 0.1) is 0 Å². The number of anilines is 1. The van der Waals surface area contributed by atoms with Gasteiger partial charge in [-0.15, -0.1) is 11.3 Å². The van der Waals surface area contributed by atoms with Crippen molar-refractivity contribution in [2.45, 2.75) is 0 Å². The summed E-state index contributed by atoms with van der Waals surface area (Å²) in [6.07, 6.45) is 0. The Kier molecular flexibility index (Phi) is 4.67. The Morgan fingerprint density at radius 3 is 3.00 bits per heavy atom. The maximum atomic E-state index is 11.8. The molecule has 22 heavy (non-hydrogen) atoms. The molecule has 112 valence electrons. The number of nitrogens with zero attached hydrogens (tertiary/aromatic N) is 2. The van der Waals surface area contributed by atoms with Crippen molar-refractivity contribution in [3.05, 3.63) is 46.8 Å². The summed E-state index contributed by atoms with van der Waals surface area (Å²) < 4.78 is 9.57. The maximum Gasteiger partial charge on any atom is 0.264 e. The average Bonchev–Trinajstić information content (AvgIpc) is 3.16. The highest BCUT2D eigenvalue weighted by atomic mass is 35.5. The van der Waals surface area contributed by atoms with Crippen molar-refractivity contribution in [3.63, 3.8) is 0 Å². The van der Waals surface area contributed by atoms with Crippen LogP contribution in [0.4, 0.5) is 5.13 Å². The van der Waals surface area contributed by atoms with E-state index in [1.165, 1.54) is 0 Å². The topological polar surface area (TPSA) is 64.1 Å². The highest BCUT2D eigenvalue weighted by Crippen LogP contribution is 2.25. The Morgan fingerprint density at radius 2 is 2.23 bits per heavy atom. The van der Waals surface area contributed by atoms with Crippen LogP contribution in [0.5, 0.6) is 5.75 Å². The number of halogens is 1. The zero-order valence-corrected chi connectivity index (χ0v) is 13.5. The van der Waals surface area contributed by atoms with Crippen LogP contribution in [0.15, 0.2) is 41.8 Å². The summed E-state index contributed by atoms with van der Waals surface area (Å²) in [5.41, 5.74) is 0. The third-order valence-electron chi connectivity index (χ3n) is 2.58. The van der Waals surface area contributed by atoms with Crippen molar-refractivity contribution in [3.8, 4) is 16.5 Å². The molecule has 8 heteroatoms. The molecule has 1 amide bonds. The van der Waals surface area contributed by atoms with E-state index >= 15 is 0 Å². The monoisotopic (exact) mass is 351 g/mol. The average molecular weight is 352 g/mol. The Morgan fingerprint density at radius 1 is 1.32 bits per heavy atom. The Hall–Kier alpha value is -1.96. The molecule has 0 saturated heterocycles. The van der Waals surface area contributed by atoms with Crippen molar-refractivity contribution >= 4 is 45.5 Å². The minimum Gasteiger partial charge on any atom is -0.484 e. The van der Waals surface area contributed by atoms with E-state index in [1.54, 1.807) is 35.6 Å². The van der Waals surface area contributed by atoms with Crippen LogP contribution >= 0.6 is 34.5 Å². The van der Waals surface area contributed by atoms with Gasteiger partial charge >= 0.3 is 0 Å². The van der Waals surface area contributed by atoms with Crippen molar-refractivity contribution in [2.24, 2.45) is 0 Å². The standard InChI is InChI=1S/C14H10ClN3O2S2/c15-9-3-1-4-10(7-9)20-8-12(19)16-14-17-13(18-22-14)11-5-2-6-21-11/h1-7H,8H2,(H,16,17,18,19). The maximum absolute atomic E-state index is 11.8. The fraction of sp³-hybridized carbons (Fsp3) is 0.0714. The molecule has 2 heterocycles. The Balaban J connectivity index is 1.56. The van der Waals surface area contributed by atoms with E-state index in [0.717, 1.165) is 16.4 Å². The number of hydrogen-bond acceptors (Lipinski definition) is 6. The largest absolute Gasteiger partial charge is 0.484 e. The number of nitrogens with one attached hydrogen (secondary N) is 1. The lowest BCUT2D eigenvalue weighted by atomic mass is 10.3. The number of hydrogen-bond donors (Lipinski definition) is 1. The molecule has 5 nitrogen and oxygen atoms in total. The molecule has 0 radical (unpaired) electrons. The molecule has 3 aromatic rings. The van der Waals surface area contributed by atoms with Gasteiger partial charge in [0, 0.05) is 16.6 Å². The third-order valence-corrected chi connectivity index (χ3v) is 4.31. The molecule has 0 atom stereocenters. The lowest BCUT2D eigenvalue weighted by Crippen LogP contribution is -2.20. The van der Waals surface area contributed by atoms with Gasteiger partial charge in [0.1, 0.15) is 5.75 Å². The van der Waals surface area contributed by atoms with Gasteiger partial charge in [0.2, 0.25) is 5.13 Å². The summed E-state index contributed by atoms with van der Waals surface area (Å²) in [4.78, 5) is 17.1. The number of carbonyl (C=O) groups is 1. The summed E-state index contributed by atoms with van der Waals surface area (Å²) in [6, 6.07) is 10.7. The highest BCUT2D eigenvalue weighted by Gasteiger charge is 2.10. The number of ether oxygens (including phenoxy) is 1. The van der Waals surface area contributed by atoms with Crippen LogP contribution in [-0.4, -0.2) is 21.9 Å². The molecule has 0 unspecified atom stereocenters. The van der Waals surface area contributed by atoms with Crippen molar-refractivity contribution in [2.75, 3.05) is 11.9 Å². The second-order valence-corrected chi connectivity index (χ2v) is 6.33. The van der Waals surface area contributed by atoms with Crippen molar-refractivity contribution in [1.29, 1.82) is 0 Å². The number of amides is 1. The summed E-state index contributed by atoms with van der Waals surface area (Å²) >= 11 is 8.53. The first-order valence-corrected chi connectivity index (χ1v) is 8.29. The summed E-state index contributed by atoms with van der Waals surface area (Å²) in [5.74, 6) is 0.860. The summed E-state index contributed by atoms with van der Waals surface area (Å²) in [6.45, 7) is -0.117. The molecule has 1 aromatic carbocycles. The summed E-state index contributed by atoms with van der Waals surface area (Å²) in [5, 5.41) is 5.62. The molecule has 0 spiro atoms. The molecule has 0 aliphatic heterocycles. The van der Waals surface area contributed by atoms with Gasteiger partial charge in [-0.2, -0.15) is 9.36 Å². The van der Waals surface area contributed by atoms with Gasteiger partial charge in [-0.25, -0.2) is 0 Å². The van der Waals surface area contributed by atoms with Gasteiger partial charge in [-0.1, -0.05) is 23.7 Å². The van der Waals surface area contributed by atoms with Crippen LogP contribution in [0.2, 0.25) is 5.02 Å². The Bertz CT molecular complexity index is 774. The molecule has 0 aliphatic rings. The predicted molar refractivity (Wildman–Crippen MR) is 88.8 cm³/mol. The van der Waals surface area contributed by atoms with Crippen LogP contribution < -0.4 is 10.1 Å². The summed E-state index contributed by atoms with van der Waals surface area (Å²) in [7, 11) is 0.